The molecule has 4 aliphatic carbocycles. The van der Waals surface area contributed by atoms with E-state index in [4.69, 9.17) is 4.74 Å². The molecule has 0 amide bonds. The van der Waals surface area contributed by atoms with Crippen LogP contribution < -0.4 is 0 Å². The summed E-state index contributed by atoms with van der Waals surface area (Å²) in [5, 5.41) is 0. The molecule has 1 heterocycles. The van der Waals surface area contributed by atoms with E-state index in [9.17, 15) is 0 Å². The molecule has 1 aliphatic heterocycles. The Bertz CT molecular complexity index is 1280. The number of unbranched alkanes of at least 4 members (excludes halogenated alkanes) is 4. The van der Waals surface area contributed by atoms with E-state index in [-0.39, 0.29) is 11.0 Å². The number of likely N-dealkylation sites (tertiary alicyclic amines) is 1. The van der Waals surface area contributed by atoms with Gasteiger partial charge in [-0.05, 0) is 144 Å². The lowest BCUT2D eigenvalue weighted by atomic mass is 9.51. The van der Waals surface area contributed by atoms with Gasteiger partial charge in [0.1, 0.15) is 0 Å². The number of rotatable bonds is 14. The highest BCUT2D eigenvalue weighted by Crippen LogP contribution is 2.68. The molecule has 5 fully saturated rings. The number of fused-ring (bicyclic) bond motifs is 5. The van der Waals surface area contributed by atoms with Gasteiger partial charge in [0.25, 0.3) is 0 Å². The Morgan fingerprint density at radius 2 is 1.38 bits per heavy atom. The third-order valence-electron chi connectivity index (χ3n) is 15.0. The number of hydrogen-bond acceptors (Lipinski definition) is 2. The van der Waals surface area contributed by atoms with Crippen molar-refractivity contribution in [1.29, 1.82) is 0 Å². The van der Waals surface area contributed by atoms with Gasteiger partial charge in [-0.2, -0.15) is 0 Å². The minimum atomic E-state index is -0.0116. The SMILES string of the molecule is CCCCN1C2CCC(C)CC2C2C1C1CCCCC1C2C(c1ccccc1)(c1ccccc1)C1CCC(CCCCCCOC(C)(C)C)C1. The first kappa shape index (κ1) is 36.7. The van der Waals surface area contributed by atoms with E-state index in [0.717, 1.165) is 66.0 Å². The standard InChI is InChI=1S/C48H73NO/c1-6-7-31-49-43-30-27-35(2)33-42(43)44-45(40-25-17-18-26-41(40)46(44)49)48(37-21-13-10-14-22-37,38-23-15-11-16-24-38)39-29-28-36(34-39)20-12-8-9-19-32-50-47(3,4)5/h10-11,13-16,21-24,35-36,39-46H,6-9,12,17-20,25-34H2,1-5H3. The molecule has 2 aromatic rings. The van der Waals surface area contributed by atoms with E-state index in [0.29, 0.717) is 0 Å². The molecule has 50 heavy (non-hydrogen) atoms. The lowest BCUT2D eigenvalue weighted by molar-refractivity contribution is -0.00476. The van der Waals surface area contributed by atoms with E-state index in [1.165, 1.54) is 116 Å². The number of benzene rings is 2. The second kappa shape index (κ2) is 16.2. The van der Waals surface area contributed by atoms with Gasteiger partial charge in [0, 0.05) is 24.1 Å². The third kappa shape index (κ3) is 7.29. The maximum Gasteiger partial charge on any atom is 0.0598 e. The summed E-state index contributed by atoms with van der Waals surface area (Å²) >= 11 is 0. The number of nitrogens with zero attached hydrogens (tertiary/aromatic N) is 1. The van der Waals surface area contributed by atoms with Crippen LogP contribution in [0.25, 0.3) is 0 Å². The van der Waals surface area contributed by atoms with Crippen molar-refractivity contribution in [3.8, 4) is 0 Å². The normalized spacial score (nSPS) is 34.4. The lowest BCUT2D eigenvalue weighted by Gasteiger charge is -2.52. The van der Waals surface area contributed by atoms with Gasteiger partial charge in [-0.15, -0.1) is 0 Å². The van der Waals surface area contributed by atoms with Crippen LogP contribution in [-0.4, -0.2) is 35.7 Å². The molecule has 2 heteroatoms. The Balaban J connectivity index is 1.24. The Morgan fingerprint density at radius 3 is 2.06 bits per heavy atom. The van der Waals surface area contributed by atoms with Crippen LogP contribution in [-0.2, 0) is 10.2 Å². The zero-order valence-corrected chi connectivity index (χ0v) is 32.8. The smallest absolute Gasteiger partial charge is 0.0598 e. The van der Waals surface area contributed by atoms with Crippen molar-refractivity contribution < 1.29 is 4.74 Å². The zero-order chi connectivity index (χ0) is 34.7. The molecule has 4 saturated carbocycles. The first-order valence-corrected chi connectivity index (χ1v) is 21.8. The third-order valence-corrected chi connectivity index (χ3v) is 15.0. The van der Waals surface area contributed by atoms with Crippen LogP contribution in [0.1, 0.15) is 155 Å². The monoisotopic (exact) mass is 680 g/mol. The topological polar surface area (TPSA) is 12.5 Å². The van der Waals surface area contributed by atoms with Gasteiger partial charge < -0.3 is 4.74 Å². The minimum absolute atomic E-state index is 0.0116. The number of ether oxygens (including phenoxy) is 1. The second-order valence-corrected chi connectivity index (χ2v) is 19.1. The molecule has 0 radical (unpaired) electrons. The summed E-state index contributed by atoms with van der Waals surface area (Å²) in [7, 11) is 0. The van der Waals surface area contributed by atoms with E-state index in [1.54, 1.807) is 11.1 Å². The average molecular weight is 680 g/mol. The average Bonchev–Trinajstić information content (AvgIpc) is 3.81. The summed E-state index contributed by atoms with van der Waals surface area (Å²) in [4.78, 5) is 3.21. The Hall–Kier alpha value is -1.64. The van der Waals surface area contributed by atoms with Crippen LogP contribution >= 0.6 is 0 Å². The molecule has 0 bridgehead atoms. The molecule has 0 aromatic heterocycles. The van der Waals surface area contributed by atoms with E-state index in [2.05, 4.69) is 100 Å². The summed E-state index contributed by atoms with van der Waals surface area (Å²) in [6.07, 6.45) is 23.9. The van der Waals surface area contributed by atoms with Crippen molar-refractivity contribution >= 4 is 0 Å². The largest absolute Gasteiger partial charge is 0.376 e. The molecule has 5 aliphatic rings. The van der Waals surface area contributed by atoms with Gasteiger partial charge in [-0.25, -0.2) is 0 Å². The van der Waals surface area contributed by atoms with Crippen LogP contribution in [0, 0.1) is 47.3 Å². The fourth-order valence-corrected chi connectivity index (χ4v) is 13.3. The zero-order valence-electron chi connectivity index (χ0n) is 32.8. The molecule has 0 N–H and O–H groups in total. The predicted molar refractivity (Wildman–Crippen MR) is 211 cm³/mol. The quantitative estimate of drug-likeness (QED) is 0.184. The second-order valence-electron chi connectivity index (χ2n) is 19.1. The molecule has 2 nitrogen and oxygen atoms in total. The van der Waals surface area contributed by atoms with Crippen molar-refractivity contribution in [1.82, 2.24) is 4.90 Å². The summed E-state index contributed by atoms with van der Waals surface area (Å²) in [5.41, 5.74) is 3.42. The van der Waals surface area contributed by atoms with E-state index in [1.807, 2.05) is 0 Å². The summed E-state index contributed by atoms with van der Waals surface area (Å²) in [6.45, 7) is 13.8. The van der Waals surface area contributed by atoms with Gasteiger partial charge in [-0.1, -0.05) is 126 Å². The highest BCUT2D eigenvalue weighted by atomic mass is 16.5. The van der Waals surface area contributed by atoms with Gasteiger partial charge in [-0.3, -0.25) is 4.90 Å². The fourth-order valence-electron chi connectivity index (χ4n) is 13.3. The molecule has 10 atom stereocenters. The number of hydrogen-bond donors (Lipinski definition) is 0. The summed E-state index contributed by atoms with van der Waals surface area (Å²) in [6, 6.07) is 26.1. The maximum absolute atomic E-state index is 6.02. The van der Waals surface area contributed by atoms with Crippen LogP contribution in [0.4, 0.5) is 0 Å². The van der Waals surface area contributed by atoms with E-state index < -0.39 is 0 Å². The molecule has 10 unspecified atom stereocenters. The molecule has 276 valence electrons. The Kier molecular flexibility index (Phi) is 11.9. The van der Waals surface area contributed by atoms with Crippen LogP contribution in [0.2, 0.25) is 0 Å². The van der Waals surface area contributed by atoms with Crippen molar-refractivity contribution in [3.63, 3.8) is 0 Å². The molecule has 2 aromatic carbocycles. The van der Waals surface area contributed by atoms with Gasteiger partial charge in [0.05, 0.1) is 5.60 Å². The highest BCUT2D eigenvalue weighted by molar-refractivity contribution is 5.44. The highest BCUT2D eigenvalue weighted by Gasteiger charge is 2.68. The Labute approximate surface area is 307 Å². The van der Waals surface area contributed by atoms with Crippen molar-refractivity contribution in [2.45, 2.75) is 167 Å². The molecular weight excluding hydrogens is 607 g/mol. The molecule has 1 saturated heterocycles. The minimum Gasteiger partial charge on any atom is -0.376 e. The fraction of sp³-hybridized carbons (Fsp3) is 0.750. The Morgan fingerprint density at radius 1 is 0.700 bits per heavy atom. The summed E-state index contributed by atoms with van der Waals surface area (Å²) in [5.74, 6) is 6.70. The lowest BCUT2D eigenvalue weighted by Crippen LogP contribution is -2.50. The van der Waals surface area contributed by atoms with Crippen LogP contribution in [0.3, 0.4) is 0 Å². The maximum atomic E-state index is 6.02. The summed E-state index contributed by atoms with van der Waals surface area (Å²) < 4.78 is 6.02. The first-order chi connectivity index (χ1) is 24.3. The van der Waals surface area contributed by atoms with Gasteiger partial charge in [0.15, 0.2) is 0 Å². The van der Waals surface area contributed by atoms with Crippen molar-refractivity contribution in [2.24, 2.45) is 47.3 Å². The molecule has 7 rings (SSSR count). The van der Waals surface area contributed by atoms with Crippen molar-refractivity contribution in [2.75, 3.05) is 13.2 Å². The van der Waals surface area contributed by atoms with Crippen molar-refractivity contribution in [3.05, 3.63) is 71.8 Å². The van der Waals surface area contributed by atoms with Crippen LogP contribution in [0.15, 0.2) is 60.7 Å². The van der Waals surface area contributed by atoms with Gasteiger partial charge >= 0.3 is 0 Å². The predicted octanol–water partition coefficient (Wildman–Crippen LogP) is 12.5. The molecule has 0 spiro atoms. The van der Waals surface area contributed by atoms with E-state index >= 15 is 0 Å². The molecular formula is C48H73NO. The van der Waals surface area contributed by atoms with Gasteiger partial charge in [0.2, 0.25) is 0 Å². The van der Waals surface area contributed by atoms with Crippen LogP contribution in [0.5, 0.6) is 0 Å². The first-order valence-electron chi connectivity index (χ1n) is 21.8.